The highest BCUT2D eigenvalue weighted by atomic mass is 19.1. The van der Waals surface area contributed by atoms with Crippen LogP contribution in [-0.4, -0.2) is 46.0 Å². The summed E-state index contributed by atoms with van der Waals surface area (Å²) in [6, 6.07) is 9.31. The predicted octanol–water partition coefficient (Wildman–Crippen LogP) is 4.00. The van der Waals surface area contributed by atoms with E-state index in [0.29, 0.717) is 45.3 Å². The van der Waals surface area contributed by atoms with Gasteiger partial charge in [0, 0.05) is 54.3 Å². The number of anilines is 2. The Morgan fingerprint density at radius 3 is 2.56 bits per heavy atom. The lowest BCUT2D eigenvalue weighted by Gasteiger charge is -2.38. The molecule has 4 aromatic rings. The standard InChI is InChI=1S/C24H25FN6O/c1-13-8-16-9-17(10-19(25)21(16)29-13)30-24(32)18-4-5-20(23-22(18)26-6-7-27-23)31-11-14(2)28-15(3)12-31/h4-10,14-15,28-29H,11-12H2,1-3H3,(H,30,32)/t14-,15-/m0/s1. The molecule has 1 saturated heterocycles. The first kappa shape index (κ1) is 20.4. The van der Waals surface area contributed by atoms with Gasteiger partial charge in [-0.25, -0.2) is 4.39 Å². The Labute approximate surface area is 185 Å². The third-order valence-electron chi connectivity index (χ3n) is 5.82. The van der Waals surface area contributed by atoms with E-state index in [1.807, 2.05) is 19.1 Å². The van der Waals surface area contributed by atoms with Crippen LogP contribution in [0.25, 0.3) is 21.9 Å². The molecule has 0 radical (unpaired) electrons. The molecule has 1 fully saturated rings. The second kappa shape index (κ2) is 7.87. The van der Waals surface area contributed by atoms with Gasteiger partial charge in [-0.2, -0.15) is 0 Å². The van der Waals surface area contributed by atoms with Gasteiger partial charge in [0.25, 0.3) is 5.91 Å². The molecule has 32 heavy (non-hydrogen) atoms. The molecule has 2 atom stereocenters. The largest absolute Gasteiger partial charge is 0.367 e. The topological polar surface area (TPSA) is 85.9 Å². The van der Waals surface area contributed by atoms with E-state index < -0.39 is 5.82 Å². The normalized spacial score (nSPS) is 18.9. The Morgan fingerprint density at radius 2 is 1.81 bits per heavy atom. The van der Waals surface area contributed by atoms with Crippen molar-refractivity contribution >= 4 is 39.2 Å². The number of aromatic amines is 1. The van der Waals surface area contributed by atoms with Crippen LogP contribution in [0.3, 0.4) is 0 Å². The van der Waals surface area contributed by atoms with Crippen molar-refractivity contribution in [1.82, 2.24) is 20.3 Å². The molecule has 3 N–H and O–H groups in total. The number of H-pyrrole nitrogens is 1. The fraction of sp³-hybridized carbons (Fsp3) is 0.292. The maximum Gasteiger partial charge on any atom is 0.257 e. The summed E-state index contributed by atoms with van der Waals surface area (Å²) in [4.78, 5) is 27.4. The Hall–Kier alpha value is -3.52. The Morgan fingerprint density at radius 1 is 1.09 bits per heavy atom. The fourth-order valence-electron chi connectivity index (χ4n) is 4.62. The van der Waals surface area contributed by atoms with Gasteiger partial charge < -0.3 is 20.5 Å². The number of benzene rings is 2. The van der Waals surface area contributed by atoms with Crippen LogP contribution in [0.5, 0.6) is 0 Å². The van der Waals surface area contributed by atoms with E-state index in [9.17, 15) is 9.18 Å². The maximum atomic E-state index is 14.5. The van der Waals surface area contributed by atoms with Crippen molar-refractivity contribution in [3.63, 3.8) is 0 Å². The van der Waals surface area contributed by atoms with E-state index in [1.165, 1.54) is 6.07 Å². The van der Waals surface area contributed by atoms with E-state index in [2.05, 4.69) is 44.3 Å². The summed E-state index contributed by atoms with van der Waals surface area (Å²) in [6.07, 6.45) is 3.22. The number of nitrogens with zero attached hydrogens (tertiary/aromatic N) is 3. The van der Waals surface area contributed by atoms with Crippen LogP contribution in [0.4, 0.5) is 15.8 Å². The zero-order valence-corrected chi connectivity index (χ0v) is 18.2. The number of hydrogen-bond donors (Lipinski definition) is 3. The monoisotopic (exact) mass is 432 g/mol. The quantitative estimate of drug-likeness (QED) is 0.456. The summed E-state index contributed by atoms with van der Waals surface area (Å²) in [7, 11) is 0. The average molecular weight is 433 g/mol. The zero-order chi connectivity index (χ0) is 22.4. The van der Waals surface area contributed by atoms with Gasteiger partial charge in [0.2, 0.25) is 0 Å². The molecule has 0 unspecified atom stereocenters. The van der Waals surface area contributed by atoms with Crippen molar-refractivity contribution in [2.45, 2.75) is 32.9 Å². The molecule has 0 saturated carbocycles. The Balaban J connectivity index is 1.50. The minimum Gasteiger partial charge on any atom is -0.367 e. The molecule has 7 nitrogen and oxygen atoms in total. The molecular weight excluding hydrogens is 407 g/mol. The second-order valence-electron chi connectivity index (χ2n) is 8.59. The Bertz CT molecular complexity index is 1320. The number of aromatic nitrogens is 3. The molecule has 8 heteroatoms. The van der Waals surface area contributed by atoms with Gasteiger partial charge in [-0.15, -0.1) is 0 Å². The number of fused-ring (bicyclic) bond motifs is 2. The van der Waals surface area contributed by atoms with Crippen molar-refractivity contribution in [2.75, 3.05) is 23.3 Å². The zero-order valence-electron chi connectivity index (χ0n) is 18.2. The molecule has 2 aromatic heterocycles. The molecule has 0 aliphatic carbocycles. The van der Waals surface area contributed by atoms with E-state index in [0.717, 1.165) is 24.5 Å². The number of halogens is 1. The summed E-state index contributed by atoms with van der Waals surface area (Å²) in [5.41, 5.74) is 4.25. The molecule has 0 spiro atoms. The van der Waals surface area contributed by atoms with E-state index in [1.54, 1.807) is 24.5 Å². The van der Waals surface area contributed by atoms with Gasteiger partial charge in [0.1, 0.15) is 16.9 Å². The van der Waals surface area contributed by atoms with Crippen LogP contribution in [0.1, 0.15) is 29.9 Å². The number of rotatable bonds is 3. The number of aryl methyl sites for hydroxylation is 1. The lowest BCUT2D eigenvalue weighted by atomic mass is 10.1. The van der Waals surface area contributed by atoms with Crippen molar-refractivity contribution < 1.29 is 9.18 Å². The highest BCUT2D eigenvalue weighted by Gasteiger charge is 2.24. The number of amides is 1. The van der Waals surface area contributed by atoms with E-state index in [4.69, 9.17) is 0 Å². The number of hydrogen-bond acceptors (Lipinski definition) is 5. The molecule has 164 valence electrons. The van der Waals surface area contributed by atoms with Gasteiger partial charge in [0.05, 0.1) is 16.8 Å². The molecule has 1 aliphatic heterocycles. The SMILES string of the molecule is Cc1cc2cc(NC(=O)c3ccc(N4C[C@H](C)N[C@@H](C)C4)c4nccnc34)cc(F)c2[nH]1. The molecule has 0 bridgehead atoms. The number of piperazine rings is 1. The molecule has 3 heterocycles. The van der Waals surface area contributed by atoms with Gasteiger partial charge >= 0.3 is 0 Å². The summed E-state index contributed by atoms with van der Waals surface area (Å²) in [6.45, 7) is 7.86. The Kier molecular flexibility index (Phi) is 5.01. The van der Waals surface area contributed by atoms with Crippen LogP contribution in [0.2, 0.25) is 0 Å². The first-order chi connectivity index (χ1) is 15.4. The highest BCUT2D eigenvalue weighted by Crippen LogP contribution is 2.29. The fourth-order valence-corrected chi connectivity index (χ4v) is 4.62. The smallest absolute Gasteiger partial charge is 0.257 e. The van der Waals surface area contributed by atoms with Gasteiger partial charge in [-0.05, 0) is 51.1 Å². The van der Waals surface area contributed by atoms with E-state index >= 15 is 0 Å². The highest BCUT2D eigenvalue weighted by molar-refractivity contribution is 6.13. The first-order valence-electron chi connectivity index (χ1n) is 10.7. The van der Waals surface area contributed by atoms with Crippen molar-refractivity contribution in [3.8, 4) is 0 Å². The van der Waals surface area contributed by atoms with Gasteiger partial charge in [0.15, 0.2) is 0 Å². The number of nitrogens with one attached hydrogen (secondary N) is 3. The molecule has 2 aromatic carbocycles. The lowest BCUT2D eigenvalue weighted by Crippen LogP contribution is -2.54. The number of carbonyl (C=O) groups excluding carboxylic acids is 1. The minimum atomic E-state index is -0.409. The summed E-state index contributed by atoms with van der Waals surface area (Å²) in [5.74, 6) is -0.761. The summed E-state index contributed by atoms with van der Waals surface area (Å²) in [5, 5.41) is 7.06. The van der Waals surface area contributed by atoms with Crippen LogP contribution in [-0.2, 0) is 0 Å². The van der Waals surface area contributed by atoms with Crippen LogP contribution in [0.15, 0.2) is 42.7 Å². The van der Waals surface area contributed by atoms with Crippen molar-refractivity contribution in [3.05, 3.63) is 59.8 Å². The van der Waals surface area contributed by atoms with Crippen LogP contribution in [0, 0.1) is 12.7 Å². The third-order valence-corrected chi connectivity index (χ3v) is 5.82. The predicted molar refractivity (Wildman–Crippen MR) is 125 cm³/mol. The van der Waals surface area contributed by atoms with Crippen molar-refractivity contribution in [2.24, 2.45) is 0 Å². The van der Waals surface area contributed by atoms with Gasteiger partial charge in [-0.3, -0.25) is 14.8 Å². The second-order valence-corrected chi connectivity index (χ2v) is 8.59. The molecular formula is C24H25FN6O. The van der Waals surface area contributed by atoms with Gasteiger partial charge in [-0.1, -0.05) is 0 Å². The minimum absolute atomic E-state index is 0.343. The maximum absolute atomic E-state index is 14.5. The summed E-state index contributed by atoms with van der Waals surface area (Å²) >= 11 is 0. The average Bonchev–Trinajstić information content (AvgIpc) is 3.13. The third kappa shape index (κ3) is 3.67. The van der Waals surface area contributed by atoms with E-state index in [-0.39, 0.29) is 5.91 Å². The van der Waals surface area contributed by atoms with Crippen molar-refractivity contribution in [1.29, 1.82) is 0 Å². The van der Waals surface area contributed by atoms with Crippen LogP contribution >= 0.6 is 0 Å². The first-order valence-corrected chi connectivity index (χ1v) is 10.7. The molecule has 1 amide bonds. The molecule has 5 rings (SSSR count). The lowest BCUT2D eigenvalue weighted by molar-refractivity contribution is 0.102. The summed E-state index contributed by atoms with van der Waals surface area (Å²) < 4.78 is 14.5. The van der Waals surface area contributed by atoms with Crippen LogP contribution < -0.4 is 15.5 Å². The number of carbonyl (C=O) groups is 1. The molecule has 1 aliphatic rings.